The van der Waals surface area contributed by atoms with Crippen molar-refractivity contribution >= 4 is 17.6 Å². The van der Waals surface area contributed by atoms with Crippen LogP contribution in [-0.4, -0.2) is 39.1 Å². The van der Waals surface area contributed by atoms with Gasteiger partial charge in [-0.15, -0.1) is 5.10 Å². The van der Waals surface area contributed by atoms with E-state index < -0.39 is 5.97 Å². The molecule has 0 aliphatic rings. The fraction of sp³-hybridized carbons (Fsp3) is 0.333. The number of nitrogens with one attached hydrogen (secondary N) is 1. The van der Waals surface area contributed by atoms with E-state index in [9.17, 15) is 9.59 Å². The van der Waals surface area contributed by atoms with Crippen LogP contribution in [0.25, 0.3) is 0 Å². The third-order valence-corrected chi connectivity index (χ3v) is 3.19. The molecule has 2 N–H and O–H groups in total. The molecule has 122 valence electrons. The monoisotopic (exact) mass is 318 g/mol. The lowest BCUT2D eigenvalue weighted by Gasteiger charge is -2.08. The number of aromatic nitrogens is 3. The van der Waals surface area contributed by atoms with Crippen molar-refractivity contribution in [2.45, 2.75) is 26.3 Å². The quantitative estimate of drug-likeness (QED) is 0.802. The molecule has 2 aromatic rings. The van der Waals surface area contributed by atoms with Gasteiger partial charge in [-0.1, -0.05) is 18.6 Å². The predicted molar refractivity (Wildman–Crippen MR) is 82.6 cm³/mol. The van der Waals surface area contributed by atoms with E-state index in [1.54, 1.807) is 31.4 Å². The summed E-state index contributed by atoms with van der Waals surface area (Å²) in [6.45, 7) is 1.82. The summed E-state index contributed by atoms with van der Waals surface area (Å²) >= 11 is 0. The molecule has 1 heterocycles. The first-order chi connectivity index (χ1) is 11.0. The maximum Gasteiger partial charge on any atom is 0.358 e. The lowest BCUT2D eigenvalue weighted by atomic mass is 10.2. The molecule has 23 heavy (non-hydrogen) atoms. The summed E-state index contributed by atoms with van der Waals surface area (Å²) in [4.78, 5) is 23.2. The number of carboxylic acid groups (broad SMARTS) is 1. The first-order valence-electron chi connectivity index (χ1n) is 7.14. The molecular weight excluding hydrogens is 300 g/mol. The topological polar surface area (TPSA) is 106 Å². The lowest BCUT2D eigenvalue weighted by molar-refractivity contribution is -0.117. The Kier molecular flexibility index (Phi) is 5.29. The Bertz CT molecular complexity index is 694. The van der Waals surface area contributed by atoms with Crippen molar-refractivity contribution in [3.8, 4) is 5.75 Å². The Balaban J connectivity index is 2.08. The Morgan fingerprint density at radius 1 is 1.30 bits per heavy atom. The fourth-order valence-electron chi connectivity index (χ4n) is 2.12. The van der Waals surface area contributed by atoms with E-state index in [4.69, 9.17) is 9.84 Å². The van der Waals surface area contributed by atoms with Crippen molar-refractivity contribution in [2.24, 2.45) is 0 Å². The molecule has 1 aromatic heterocycles. The van der Waals surface area contributed by atoms with Crippen molar-refractivity contribution in [3.63, 3.8) is 0 Å². The third-order valence-electron chi connectivity index (χ3n) is 3.19. The number of hydrogen-bond acceptors (Lipinski definition) is 5. The van der Waals surface area contributed by atoms with Gasteiger partial charge in [0.1, 0.15) is 12.3 Å². The van der Waals surface area contributed by atoms with Gasteiger partial charge in [-0.3, -0.25) is 4.79 Å². The highest BCUT2D eigenvalue weighted by atomic mass is 16.5. The van der Waals surface area contributed by atoms with E-state index in [-0.39, 0.29) is 18.1 Å². The van der Waals surface area contributed by atoms with Crippen LogP contribution in [0.1, 0.15) is 29.5 Å². The number of ether oxygens (including phenoxy) is 1. The molecule has 0 atom stereocenters. The number of aromatic carboxylic acids is 1. The van der Waals surface area contributed by atoms with Crippen LogP contribution in [0.2, 0.25) is 0 Å². The van der Waals surface area contributed by atoms with E-state index >= 15 is 0 Å². The number of anilines is 1. The summed E-state index contributed by atoms with van der Waals surface area (Å²) in [6, 6.07) is 6.90. The summed E-state index contributed by atoms with van der Waals surface area (Å²) in [5.74, 6) is -0.764. The highest BCUT2D eigenvalue weighted by Gasteiger charge is 2.19. The third kappa shape index (κ3) is 4.06. The number of carboxylic acids is 1. The highest BCUT2D eigenvalue weighted by molar-refractivity contribution is 5.91. The standard InChI is InChI=1S/C15H18N4O4/c1-3-4-12-14(15(21)22)17-18-19(12)9-13(20)16-10-5-7-11(23-2)8-6-10/h5-8H,3-4,9H2,1-2H3,(H,16,20)(H,21,22). The van der Waals surface area contributed by atoms with E-state index in [2.05, 4.69) is 15.6 Å². The van der Waals surface area contributed by atoms with Crippen molar-refractivity contribution in [2.75, 3.05) is 12.4 Å². The number of carbonyl (C=O) groups is 2. The molecule has 0 spiro atoms. The Morgan fingerprint density at radius 2 is 2.00 bits per heavy atom. The van der Waals surface area contributed by atoms with Crippen molar-refractivity contribution < 1.29 is 19.4 Å². The van der Waals surface area contributed by atoms with Gasteiger partial charge in [-0.05, 0) is 30.7 Å². The van der Waals surface area contributed by atoms with Gasteiger partial charge in [-0.2, -0.15) is 0 Å². The fourth-order valence-corrected chi connectivity index (χ4v) is 2.12. The molecule has 0 bridgehead atoms. The van der Waals surface area contributed by atoms with Crippen molar-refractivity contribution in [1.29, 1.82) is 0 Å². The minimum absolute atomic E-state index is 0.0956. The number of hydrogen-bond donors (Lipinski definition) is 2. The average molecular weight is 318 g/mol. The van der Waals surface area contributed by atoms with Gasteiger partial charge in [0.2, 0.25) is 5.91 Å². The van der Waals surface area contributed by atoms with Gasteiger partial charge in [-0.25, -0.2) is 9.48 Å². The van der Waals surface area contributed by atoms with Gasteiger partial charge in [0.25, 0.3) is 0 Å². The summed E-state index contributed by atoms with van der Waals surface area (Å²) in [5, 5.41) is 19.2. The second kappa shape index (κ2) is 7.39. The first-order valence-corrected chi connectivity index (χ1v) is 7.14. The number of nitrogens with zero attached hydrogens (tertiary/aromatic N) is 3. The van der Waals surface area contributed by atoms with Gasteiger partial charge in [0.05, 0.1) is 12.8 Å². The van der Waals surface area contributed by atoms with Crippen molar-refractivity contribution in [3.05, 3.63) is 35.7 Å². The van der Waals surface area contributed by atoms with E-state index in [1.807, 2.05) is 6.92 Å². The molecule has 2 rings (SSSR count). The molecule has 8 nitrogen and oxygen atoms in total. The van der Waals surface area contributed by atoms with Gasteiger partial charge < -0.3 is 15.2 Å². The van der Waals surface area contributed by atoms with Crippen LogP contribution < -0.4 is 10.1 Å². The minimum atomic E-state index is -1.14. The second-order valence-corrected chi connectivity index (χ2v) is 4.87. The molecule has 1 aromatic carbocycles. The minimum Gasteiger partial charge on any atom is -0.497 e. The SMILES string of the molecule is CCCc1c(C(=O)O)nnn1CC(=O)Nc1ccc(OC)cc1. The zero-order valence-corrected chi connectivity index (χ0v) is 12.9. The summed E-state index contributed by atoms with van der Waals surface area (Å²) in [7, 11) is 1.56. The number of methoxy groups -OCH3 is 1. The summed E-state index contributed by atoms with van der Waals surface area (Å²) < 4.78 is 6.37. The summed E-state index contributed by atoms with van der Waals surface area (Å²) in [6.07, 6.45) is 1.22. The van der Waals surface area contributed by atoms with Crippen LogP contribution in [0.4, 0.5) is 5.69 Å². The van der Waals surface area contributed by atoms with Gasteiger partial charge in [0.15, 0.2) is 5.69 Å². The Hall–Kier alpha value is -2.90. The van der Waals surface area contributed by atoms with Crippen LogP contribution in [-0.2, 0) is 17.8 Å². The lowest BCUT2D eigenvalue weighted by Crippen LogP contribution is -2.21. The Labute approximate surface area is 133 Å². The van der Waals surface area contributed by atoms with Crippen LogP contribution >= 0.6 is 0 Å². The molecule has 0 fully saturated rings. The van der Waals surface area contributed by atoms with E-state index in [0.717, 1.165) is 6.42 Å². The number of amides is 1. The zero-order chi connectivity index (χ0) is 16.8. The van der Waals surface area contributed by atoms with Crippen LogP contribution in [0.15, 0.2) is 24.3 Å². The molecule has 0 aliphatic heterocycles. The molecule has 0 unspecified atom stereocenters. The number of rotatable bonds is 7. The number of carbonyl (C=O) groups excluding carboxylic acids is 1. The van der Waals surface area contributed by atoms with Gasteiger partial charge >= 0.3 is 5.97 Å². The highest BCUT2D eigenvalue weighted by Crippen LogP contribution is 2.15. The maximum atomic E-state index is 12.1. The predicted octanol–water partition coefficient (Wildman–Crippen LogP) is 1.58. The van der Waals surface area contributed by atoms with Crippen molar-refractivity contribution in [1.82, 2.24) is 15.0 Å². The number of benzene rings is 1. The summed E-state index contributed by atoms with van der Waals surface area (Å²) in [5.41, 5.74) is 0.959. The zero-order valence-electron chi connectivity index (χ0n) is 12.9. The van der Waals surface area contributed by atoms with E-state index in [0.29, 0.717) is 23.6 Å². The molecule has 0 aliphatic carbocycles. The van der Waals surface area contributed by atoms with E-state index in [1.165, 1.54) is 4.68 Å². The molecule has 8 heteroatoms. The molecular formula is C15H18N4O4. The largest absolute Gasteiger partial charge is 0.497 e. The van der Waals surface area contributed by atoms with Gasteiger partial charge in [0, 0.05) is 5.69 Å². The van der Waals surface area contributed by atoms with Crippen LogP contribution in [0.5, 0.6) is 5.75 Å². The second-order valence-electron chi connectivity index (χ2n) is 4.87. The normalized spacial score (nSPS) is 10.3. The molecule has 0 saturated carbocycles. The van der Waals surface area contributed by atoms with Crippen LogP contribution in [0.3, 0.4) is 0 Å². The van der Waals surface area contributed by atoms with Crippen LogP contribution in [0, 0.1) is 0 Å². The smallest absolute Gasteiger partial charge is 0.358 e. The maximum absolute atomic E-state index is 12.1. The average Bonchev–Trinajstić information content (AvgIpc) is 2.91. The molecule has 0 radical (unpaired) electrons. The molecule has 0 saturated heterocycles. The molecule has 1 amide bonds. The first kappa shape index (κ1) is 16.5. The Morgan fingerprint density at radius 3 is 2.57 bits per heavy atom.